The van der Waals surface area contributed by atoms with Gasteiger partial charge in [-0.1, -0.05) is 12.1 Å². The normalized spacial score (nSPS) is 17.4. The number of hydrogen-bond donors (Lipinski definition) is 3. The average Bonchev–Trinajstić information content (AvgIpc) is 2.84. The van der Waals surface area contributed by atoms with E-state index in [1.165, 1.54) is 31.3 Å². The van der Waals surface area contributed by atoms with E-state index in [9.17, 15) is 22.8 Å². The van der Waals surface area contributed by atoms with E-state index >= 15 is 0 Å². The summed E-state index contributed by atoms with van der Waals surface area (Å²) in [6.45, 7) is 0.395. The zero-order chi connectivity index (χ0) is 27.5. The number of nitrogens with one attached hydrogen (secondary N) is 2. The first-order chi connectivity index (χ1) is 18.1. The van der Waals surface area contributed by atoms with Crippen molar-refractivity contribution in [3.63, 3.8) is 0 Å². The second-order valence-corrected chi connectivity index (χ2v) is 9.14. The van der Waals surface area contributed by atoms with E-state index in [0.29, 0.717) is 29.1 Å². The third-order valence-corrected chi connectivity index (χ3v) is 6.25. The molecule has 0 unspecified atom stereocenters. The van der Waals surface area contributed by atoms with Gasteiger partial charge in [0.25, 0.3) is 0 Å². The second kappa shape index (κ2) is 11.0. The van der Waals surface area contributed by atoms with Gasteiger partial charge in [-0.15, -0.1) is 0 Å². The Labute approximate surface area is 217 Å². The fourth-order valence-corrected chi connectivity index (χ4v) is 4.64. The number of methoxy groups -OCH3 is 2. The molecule has 0 bridgehead atoms. The minimum absolute atomic E-state index is 0.0211. The fraction of sp³-hybridized carbons (Fsp3) is 0.385. The zero-order valence-corrected chi connectivity index (χ0v) is 20.9. The number of carbonyl (C=O) groups excluding carboxylic acids is 2. The lowest BCUT2D eigenvalue weighted by atomic mass is 9.86. The summed E-state index contributed by atoms with van der Waals surface area (Å²) in [7, 11) is 2.88. The van der Waals surface area contributed by atoms with Crippen molar-refractivity contribution in [2.75, 3.05) is 51.2 Å². The number of anilines is 2. The van der Waals surface area contributed by atoms with E-state index in [4.69, 9.17) is 19.3 Å². The van der Waals surface area contributed by atoms with Gasteiger partial charge in [0.2, 0.25) is 5.91 Å². The summed E-state index contributed by atoms with van der Waals surface area (Å²) in [6, 6.07) is 7.83. The number of aliphatic hydroxyl groups is 1. The highest BCUT2D eigenvalue weighted by molar-refractivity contribution is 6.05. The maximum absolute atomic E-state index is 13.4. The number of urea groups is 1. The minimum Gasteiger partial charge on any atom is -0.481 e. The van der Waals surface area contributed by atoms with E-state index in [1.54, 1.807) is 18.2 Å². The van der Waals surface area contributed by atoms with E-state index in [2.05, 4.69) is 10.6 Å². The molecule has 12 heteroatoms. The summed E-state index contributed by atoms with van der Waals surface area (Å²) < 4.78 is 56.7. The van der Waals surface area contributed by atoms with Gasteiger partial charge in [-0.3, -0.25) is 4.79 Å². The lowest BCUT2D eigenvalue weighted by Crippen LogP contribution is -2.47. The number of benzene rings is 2. The van der Waals surface area contributed by atoms with Crippen LogP contribution in [0.5, 0.6) is 5.75 Å². The van der Waals surface area contributed by atoms with Crippen molar-refractivity contribution in [2.24, 2.45) is 0 Å². The summed E-state index contributed by atoms with van der Waals surface area (Å²) in [5.41, 5.74) is 0.571. The number of hydrogen-bond acceptors (Lipinski definition) is 6. The SMILES string of the molecule is COCC1(COC)C/C(=C\C(=O)Nc2ccc3c(c2)NC(=O)N(CCO)C3)c2ccc(C(F)(F)F)cc2O1. The summed E-state index contributed by atoms with van der Waals surface area (Å²) in [6.07, 6.45) is -3.10. The van der Waals surface area contributed by atoms with Gasteiger partial charge in [-0.05, 0) is 35.4 Å². The van der Waals surface area contributed by atoms with Gasteiger partial charge >= 0.3 is 12.2 Å². The molecular weight excluding hydrogens is 507 g/mol. The number of nitrogens with zero attached hydrogens (tertiary/aromatic N) is 1. The van der Waals surface area contributed by atoms with E-state index in [0.717, 1.165) is 17.7 Å². The number of aliphatic hydroxyl groups excluding tert-OH is 1. The standard InChI is InChI=1S/C26H28F3N3O6/c1-36-14-25(15-37-2)12-17(20-6-4-18(26(27,28)29)10-22(20)38-25)9-23(34)30-19-5-3-16-13-32(7-8-33)24(35)31-21(16)11-19/h3-6,9-11,33H,7-8,12-15H2,1-2H3,(H,30,34)(H,31,35)/b17-9+. The lowest BCUT2D eigenvalue weighted by molar-refractivity contribution is -0.138. The largest absolute Gasteiger partial charge is 0.481 e. The first-order valence-corrected chi connectivity index (χ1v) is 11.8. The number of amides is 3. The molecule has 0 aromatic heterocycles. The first-order valence-electron chi connectivity index (χ1n) is 11.8. The third kappa shape index (κ3) is 5.93. The second-order valence-electron chi connectivity index (χ2n) is 9.14. The molecule has 3 amide bonds. The van der Waals surface area contributed by atoms with Crippen LogP contribution >= 0.6 is 0 Å². The summed E-state index contributed by atoms with van der Waals surface area (Å²) >= 11 is 0. The van der Waals surface area contributed by atoms with Crippen LogP contribution in [0.3, 0.4) is 0 Å². The molecule has 0 saturated carbocycles. The van der Waals surface area contributed by atoms with E-state index < -0.39 is 23.2 Å². The molecule has 0 radical (unpaired) electrons. The van der Waals surface area contributed by atoms with Crippen LogP contribution in [0.25, 0.3) is 5.57 Å². The molecule has 0 fully saturated rings. The van der Waals surface area contributed by atoms with E-state index in [1.807, 2.05) is 0 Å². The van der Waals surface area contributed by atoms with Crippen molar-refractivity contribution < 1.29 is 42.1 Å². The van der Waals surface area contributed by atoms with Crippen molar-refractivity contribution in [2.45, 2.75) is 24.7 Å². The van der Waals surface area contributed by atoms with Crippen molar-refractivity contribution in [1.29, 1.82) is 0 Å². The molecule has 2 aromatic carbocycles. The van der Waals surface area contributed by atoms with Gasteiger partial charge in [0.05, 0.1) is 25.4 Å². The maximum Gasteiger partial charge on any atom is 0.416 e. The molecule has 4 rings (SSSR count). The van der Waals surface area contributed by atoms with Gasteiger partial charge in [0.15, 0.2) is 5.60 Å². The van der Waals surface area contributed by atoms with Crippen LogP contribution < -0.4 is 15.4 Å². The van der Waals surface area contributed by atoms with Crippen LogP contribution in [0.4, 0.5) is 29.3 Å². The monoisotopic (exact) mass is 535 g/mol. The number of halogens is 3. The van der Waals surface area contributed by atoms with E-state index in [-0.39, 0.29) is 44.6 Å². The number of fused-ring (bicyclic) bond motifs is 2. The number of ether oxygens (including phenoxy) is 3. The smallest absolute Gasteiger partial charge is 0.416 e. The van der Waals surface area contributed by atoms with Crippen LogP contribution in [0.2, 0.25) is 0 Å². The molecular formula is C26H28F3N3O6. The number of rotatable bonds is 8. The zero-order valence-electron chi connectivity index (χ0n) is 20.9. The molecule has 0 saturated heterocycles. The third-order valence-electron chi connectivity index (χ3n) is 6.25. The number of alkyl halides is 3. The average molecular weight is 536 g/mol. The molecule has 3 N–H and O–H groups in total. The minimum atomic E-state index is -4.57. The molecule has 38 heavy (non-hydrogen) atoms. The van der Waals surface area contributed by atoms with Crippen LogP contribution in [0.1, 0.15) is 23.1 Å². The maximum atomic E-state index is 13.4. The van der Waals surface area contributed by atoms with Gasteiger partial charge in [0.1, 0.15) is 5.75 Å². The highest BCUT2D eigenvalue weighted by atomic mass is 19.4. The lowest BCUT2D eigenvalue weighted by Gasteiger charge is -2.39. The van der Waals surface area contributed by atoms with Crippen LogP contribution in [0.15, 0.2) is 42.5 Å². The van der Waals surface area contributed by atoms with Crippen molar-refractivity contribution >= 4 is 28.9 Å². The quantitative estimate of drug-likeness (QED) is 0.443. The number of carbonyl (C=O) groups is 2. The Balaban J connectivity index is 1.62. The molecule has 0 spiro atoms. The Bertz CT molecular complexity index is 1240. The predicted molar refractivity (Wildman–Crippen MR) is 133 cm³/mol. The Morgan fingerprint density at radius 3 is 2.61 bits per heavy atom. The Morgan fingerprint density at radius 2 is 1.95 bits per heavy atom. The van der Waals surface area contributed by atoms with Crippen molar-refractivity contribution in [3.05, 3.63) is 59.2 Å². The van der Waals surface area contributed by atoms with Crippen LogP contribution in [-0.4, -0.2) is 68.1 Å². The Kier molecular flexibility index (Phi) is 7.95. The molecule has 204 valence electrons. The highest BCUT2D eigenvalue weighted by Crippen LogP contribution is 2.43. The fourth-order valence-electron chi connectivity index (χ4n) is 4.64. The first kappa shape index (κ1) is 27.4. The highest BCUT2D eigenvalue weighted by Gasteiger charge is 2.41. The molecule has 2 aromatic rings. The van der Waals surface area contributed by atoms with Gasteiger partial charge in [-0.25, -0.2) is 4.79 Å². The molecule has 9 nitrogen and oxygen atoms in total. The van der Waals surface area contributed by atoms with Crippen LogP contribution in [-0.2, 0) is 27.0 Å². The van der Waals surface area contributed by atoms with Crippen molar-refractivity contribution in [1.82, 2.24) is 4.90 Å². The van der Waals surface area contributed by atoms with Gasteiger partial charge in [0, 0.05) is 56.7 Å². The number of β-amino-alcohol motifs (C(OH)–C–C–N with tert-alkyl or cyclic N) is 1. The van der Waals surface area contributed by atoms with Gasteiger partial charge in [-0.2, -0.15) is 13.2 Å². The Morgan fingerprint density at radius 1 is 1.21 bits per heavy atom. The summed E-state index contributed by atoms with van der Waals surface area (Å²) in [5, 5.41) is 14.6. The predicted octanol–water partition coefficient (Wildman–Crippen LogP) is 3.88. The Hall–Kier alpha value is -3.61. The molecule has 0 aliphatic carbocycles. The van der Waals surface area contributed by atoms with Gasteiger partial charge < -0.3 is 34.9 Å². The summed E-state index contributed by atoms with van der Waals surface area (Å²) in [5.74, 6) is -0.538. The topological polar surface area (TPSA) is 109 Å². The molecule has 2 aliphatic heterocycles. The summed E-state index contributed by atoms with van der Waals surface area (Å²) in [4.78, 5) is 26.7. The molecule has 2 aliphatic rings. The van der Waals surface area contributed by atoms with Crippen LogP contribution in [0, 0.1) is 0 Å². The van der Waals surface area contributed by atoms with Crippen molar-refractivity contribution in [3.8, 4) is 5.75 Å². The molecule has 2 heterocycles. The molecule has 0 atom stereocenters.